The number of sulfonamides is 1. The smallest absolute Gasteiger partial charge is 0.260 e. The fourth-order valence-corrected chi connectivity index (χ4v) is 4.26. The number of H-pyrrole nitrogens is 1. The van der Waals surface area contributed by atoms with E-state index in [1.165, 1.54) is 0 Å². The molecule has 1 aliphatic carbocycles. The van der Waals surface area contributed by atoms with E-state index in [9.17, 15) is 13.5 Å². The van der Waals surface area contributed by atoms with E-state index in [1.807, 2.05) is 27.7 Å². The van der Waals surface area contributed by atoms with Crippen LogP contribution in [0, 0.1) is 17.8 Å². The molecule has 1 aromatic rings. The summed E-state index contributed by atoms with van der Waals surface area (Å²) in [5.74, 6) is 0. The molecule has 0 aliphatic heterocycles. The second-order valence-electron chi connectivity index (χ2n) is 6.29. The van der Waals surface area contributed by atoms with Crippen molar-refractivity contribution >= 4 is 10.0 Å². The standard InChI is InChI=1S/C12H21N3O3S/c1-7-8(6-16)9(14-13-7)19(17,18)15-10-11(2,3)12(10,4)5/h10,15-16H,6H2,1-5H3,(H,13,14). The molecule has 1 heterocycles. The highest BCUT2D eigenvalue weighted by atomic mass is 32.2. The number of hydrogen-bond acceptors (Lipinski definition) is 4. The van der Waals surface area contributed by atoms with Crippen LogP contribution in [0.2, 0.25) is 0 Å². The number of rotatable bonds is 4. The molecule has 1 aromatic heterocycles. The van der Waals surface area contributed by atoms with Gasteiger partial charge in [0, 0.05) is 17.3 Å². The number of aryl methyl sites for hydroxylation is 1. The molecule has 6 nitrogen and oxygen atoms in total. The Morgan fingerprint density at radius 3 is 2.26 bits per heavy atom. The molecule has 0 unspecified atom stereocenters. The Bertz CT molecular complexity index is 588. The summed E-state index contributed by atoms with van der Waals surface area (Å²) in [6, 6.07) is -0.131. The molecule has 0 amide bonds. The molecule has 108 valence electrons. The van der Waals surface area contributed by atoms with Crippen molar-refractivity contribution in [3.05, 3.63) is 11.3 Å². The lowest BCUT2D eigenvalue weighted by molar-refractivity contribution is 0.277. The molecule has 0 aromatic carbocycles. The van der Waals surface area contributed by atoms with Gasteiger partial charge in [-0.3, -0.25) is 5.10 Å². The van der Waals surface area contributed by atoms with Crippen molar-refractivity contribution in [2.24, 2.45) is 10.8 Å². The van der Waals surface area contributed by atoms with E-state index in [0.717, 1.165) is 0 Å². The maximum Gasteiger partial charge on any atom is 0.260 e. The van der Waals surface area contributed by atoms with Gasteiger partial charge in [-0.2, -0.15) is 5.10 Å². The highest BCUT2D eigenvalue weighted by Gasteiger charge is 2.66. The van der Waals surface area contributed by atoms with Crippen molar-refractivity contribution in [2.75, 3.05) is 0 Å². The SMILES string of the molecule is Cc1[nH]nc(S(=O)(=O)NC2C(C)(C)C2(C)C)c1CO. The highest BCUT2D eigenvalue weighted by molar-refractivity contribution is 7.89. The summed E-state index contributed by atoms with van der Waals surface area (Å²) in [6.07, 6.45) is 0. The second kappa shape index (κ2) is 4.04. The monoisotopic (exact) mass is 287 g/mol. The van der Waals surface area contributed by atoms with Crippen LogP contribution in [0.15, 0.2) is 5.03 Å². The molecule has 1 fully saturated rings. The third-order valence-electron chi connectivity index (χ3n) is 4.74. The Hall–Kier alpha value is -0.920. The van der Waals surface area contributed by atoms with Gasteiger partial charge >= 0.3 is 0 Å². The number of aromatic nitrogens is 2. The number of nitrogens with zero attached hydrogens (tertiary/aromatic N) is 1. The van der Waals surface area contributed by atoms with Crippen LogP contribution in [-0.2, 0) is 16.6 Å². The van der Waals surface area contributed by atoms with Gasteiger partial charge in [0.1, 0.15) is 0 Å². The van der Waals surface area contributed by atoms with Crippen LogP contribution in [0.4, 0.5) is 0 Å². The maximum atomic E-state index is 12.3. The summed E-state index contributed by atoms with van der Waals surface area (Å²) in [5.41, 5.74) is 0.705. The summed E-state index contributed by atoms with van der Waals surface area (Å²) in [4.78, 5) is 0. The van der Waals surface area contributed by atoms with Crippen LogP contribution in [-0.4, -0.2) is 29.8 Å². The first-order chi connectivity index (χ1) is 8.55. The third-order valence-corrected chi connectivity index (χ3v) is 6.14. The number of nitrogens with one attached hydrogen (secondary N) is 2. The zero-order valence-electron chi connectivity index (χ0n) is 11.9. The van der Waals surface area contributed by atoms with Crippen molar-refractivity contribution in [2.45, 2.75) is 52.3 Å². The molecule has 0 radical (unpaired) electrons. The number of aromatic amines is 1. The Morgan fingerprint density at radius 2 is 1.84 bits per heavy atom. The van der Waals surface area contributed by atoms with Gasteiger partial charge in [0.15, 0.2) is 5.03 Å². The molecule has 0 bridgehead atoms. The second-order valence-corrected chi connectivity index (χ2v) is 7.92. The van der Waals surface area contributed by atoms with Gasteiger partial charge in [-0.1, -0.05) is 27.7 Å². The Labute approximate surface area is 113 Å². The largest absolute Gasteiger partial charge is 0.392 e. The number of hydrogen-bond donors (Lipinski definition) is 3. The zero-order valence-corrected chi connectivity index (χ0v) is 12.7. The minimum absolute atomic E-state index is 0.0925. The molecule has 1 saturated carbocycles. The van der Waals surface area contributed by atoms with E-state index in [0.29, 0.717) is 11.3 Å². The van der Waals surface area contributed by atoms with Crippen molar-refractivity contribution in [3.8, 4) is 0 Å². The van der Waals surface area contributed by atoms with E-state index >= 15 is 0 Å². The van der Waals surface area contributed by atoms with Gasteiger partial charge in [0.05, 0.1) is 6.61 Å². The van der Waals surface area contributed by atoms with Gasteiger partial charge in [0.2, 0.25) is 0 Å². The van der Waals surface area contributed by atoms with Crippen molar-refractivity contribution < 1.29 is 13.5 Å². The fourth-order valence-electron chi connectivity index (χ4n) is 2.54. The predicted octanol–water partition coefficient (Wildman–Crippen LogP) is 0.923. The van der Waals surface area contributed by atoms with E-state index in [4.69, 9.17) is 0 Å². The van der Waals surface area contributed by atoms with Crippen LogP contribution in [0.25, 0.3) is 0 Å². The average Bonchev–Trinajstić information content (AvgIpc) is 2.65. The van der Waals surface area contributed by atoms with E-state index in [2.05, 4.69) is 14.9 Å². The van der Waals surface area contributed by atoms with Crippen LogP contribution < -0.4 is 4.72 Å². The Kier molecular flexibility index (Phi) is 3.08. The van der Waals surface area contributed by atoms with Crippen molar-refractivity contribution in [3.63, 3.8) is 0 Å². The first-order valence-electron chi connectivity index (χ1n) is 6.22. The van der Waals surface area contributed by atoms with Crippen LogP contribution in [0.1, 0.15) is 39.0 Å². The quantitative estimate of drug-likeness (QED) is 0.767. The fraction of sp³-hybridized carbons (Fsp3) is 0.750. The van der Waals surface area contributed by atoms with Gasteiger partial charge in [-0.15, -0.1) is 0 Å². The molecular formula is C12H21N3O3S. The van der Waals surface area contributed by atoms with Crippen LogP contribution in [0.3, 0.4) is 0 Å². The summed E-state index contributed by atoms with van der Waals surface area (Å²) < 4.78 is 27.4. The van der Waals surface area contributed by atoms with E-state index in [-0.39, 0.29) is 28.5 Å². The summed E-state index contributed by atoms with van der Waals surface area (Å²) in [6.45, 7) is 9.45. The highest BCUT2D eigenvalue weighted by Crippen LogP contribution is 2.62. The molecule has 0 saturated heterocycles. The number of aliphatic hydroxyl groups is 1. The van der Waals surface area contributed by atoms with Crippen molar-refractivity contribution in [1.29, 1.82) is 0 Å². The minimum atomic E-state index is -3.71. The molecule has 1 aliphatic rings. The third kappa shape index (κ3) is 2.00. The Morgan fingerprint density at radius 1 is 1.32 bits per heavy atom. The zero-order chi connectivity index (χ0) is 14.6. The minimum Gasteiger partial charge on any atom is -0.392 e. The molecule has 0 atom stereocenters. The van der Waals surface area contributed by atoms with Crippen molar-refractivity contribution in [1.82, 2.24) is 14.9 Å². The maximum absolute atomic E-state index is 12.3. The summed E-state index contributed by atoms with van der Waals surface area (Å²) >= 11 is 0. The molecule has 3 N–H and O–H groups in total. The predicted molar refractivity (Wildman–Crippen MR) is 70.9 cm³/mol. The lowest BCUT2D eigenvalue weighted by Gasteiger charge is -2.07. The number of aliphatic hydroxyl groups excluding tert-OH is 1. The van der Waals surface area contributed by atoms with Gasteiger partial charge < -0.3 is 5.11 Å². The molecule has 0 spiro atoms. The first kappa shape index (κ1) is 14.5. The van der Waals surface area contributed by atoms with Gasteiger partial charge in [0.25, 0.3) is 10.0 Å². The molecule has 19 heavy (non-hydrogen) atoms. The Balaban J connectivity index is 2.30. The molecular weight excluding hydrogens is 266 g/mol. The topological polar surface area (TPSA) is 95.1 Å². The lowest BCUT2D eigenvalue weighted by atomic mass is 10.0. The summed E-state index contributed by atoms with van der Waals surface area (Å²) in [5, 5.41) is 15.5. The lowest BCUT2D eigenvalue weighted by Crippen LogP contribution is -2.30. The van der Waals surface area contributed by atoms with Gasteiger partial charge in [-0.25, -0.2) is 13.1 Å². The normalized spacial score (nSPS) is 21.6. The average molecular weight is 287 g/mol. The van der Waals surface area contributed by atoms with Crippen LogP contribution >= 0.6 is 0 Å². The van der Waals surface area contributed by atoms with E-state index in [1.54, 1.807) is 6.92 Å². The molecule has 2 rings (SSSR count). The van der Waals surface area contributed by atoms with E-state index < -0.39 is 10.0 Å². The van der Waals surface area contributed by atoms with Crippen LogP contribution in [0.5, 0.6) is 0 Å². The first-order valence-corrected chi connectivity index (χ1v) is 7.71. The van der Waals surface area contributed by atoms with Gasteiger partial charge in [-0.05, 0) is 17.8 Å². The summed E-state index contributed by atoms with van der Waals surface area (Å²) in [7, 11) is -3.71. The molecule has 7 heteroatoms.